The highest BCUT2D eigenvalue weighted by Crippen LogP contribution is 2.23. The van der Waals surface area contributed by atoms with Crippen molar-refractivity contribution in [2.45, 2.75) is 13.8 Å². The monoisotopic (exact) mass is 374 g/mol. The zero-order valence-electron chi connectivity index (χ0n) is 16.0. The third-order valence-corrected chi connectivity index (χ3v) is 4.99. The van der Waals surface area contributed by atoms with Crippen LogP contribution in [-0.2, 0) is 4.74 Å². The molecular formula is C21H22N6O. The van der Waals surface area contributed by atoms with E-state index in [2.05, 4.69) is 47.3 Å². The molecule has 0 amide bonds. The Labute approximate surface area is 163 Å². The number of aromatic nitrogens is 5. The minimum Gasteiger partial charge on any atom is -0.378 e. The molecule has 1 aromatic carbocycles. The van der Waals surface area contributed by atoms with E-state index in [9.17, 15) is 0 Å². The number of nitrogens with zero attached hydrogens (tertiary/aromatic N) is 6. The number of benzene rings is 1. The molecule has 0 aliphatic carbocycles. The summed E-state index contributed by atoms with van der Waals surface area (Å²) in [5.74, 6) is 1.80. The zero-order chi connectivity index (χ0) is 19.1. The maximum atomic E-state index is 5.51. The molecule has 7 nitrogen and oxygen atoms in total. The molecular weight excluding hydrogens is 352 g/mol. The minimum absolute atomic E-state index is 0.721. The smallest absolute Gasteiger partial charge is 0.160 e. The summed E-state index contributed by atoms with van der Waals surface area (Å²) in [5, 5.41) is 9.40. The quantitative estimate of drug-likeness (QED) is 0.552. The van der Waals surface area contributed by atoms with Gasteiger partial charge in [-0.1, -0.05) is 23.8 Å². The number of ether oxygens (including phenoxy) is 1. The van der Waals surface area contributed by atoms with Crippen molar-refractivity contribution in [1.29, 1.82) is 0 Å². The van der Waals surface area contributed by atoms with E-state index in [0.29, 0.717) is 0 Å². The molecule has 1 fully saturated rings. The predicted molar refractivity (Wildman–Crippen MR) is 108 cm³/mol. The molecule has 0 bridgehead atoms. The second-order valence-corrected chi connectivity index (χ2v) is 7.14. The van der Waals surface area contributed by atoms with Gasteiger partial charge in [0.1, 0.15) is 5.82 Å². The van der Waals surface area contributed by atoms with E-state index in [1.165, 1.54) is 5.56 Å². The minimum atomic E-state index is 0.721. The molecule has 0 unspecified atom stereocenters. The van der Waals surface area contributed by atoms with E-state index in [4.69, 9.17) is 14.8 Å². The number of aryl methyl sites for hydroxylation is 2. The van der Waals surface area contributed by atoms with Gasteiger partial charge in [0.15, 0.2) is 11.5 Å². The van der Waals surface area contributed by atoms with E-state index >= 15 is 0 Å². The normalized spacial score (nSPS) is 14.7. The van der Waals surface area contributed by atoms with Crippen LogP contribution >= 0.6 is 0 Å². The molecule has 1 aliphatic rings. The summed E-state index contributed by atoms with van der Waals surface area (Å²) in [6.45, 7) is 7.20. The van der Waals surface area contributed by atoms with E-state index < -0.39 is 0 Å². The van der Waals surface area contributed by atoms with Crippen molar-refractivity contribution in [3.63, 3.8) is 0 Å². The third kappa shape index (κ3) is 3.03. The topological polar surface area (TPSA) is 60.5 Å². The summed E-state index contributed by atoms with van der Waals surface area (Å²) in [4.78, 5) is 7.08. The maximum Gasteiger partial charge on any atom is 0.160 e. The average molecular weight is 374 g/mol. The lowest BCUT2D eigenvalue weighted by molar-refractivity contribution is 0.122. The van der Waals surface area contributed by atoms with Gasteiger partial charge < -0.3 is 9.64 Å². The van der Waals surface area contributed by atoms with Crippen LogP contribution in [0, 0.1) is 13.8 Å². The van der Waals surface area contributed by atoms with Gasteiger partial charge in [0, 0.05) is 37.0 Å². The fourth-order valence-corrected chi connectivity index (χ4v) is 3.61. The molecule has 5 rings (SSSR count). The molecule has 0 saturated carbocycles. The molecule has 4 heterocycles. The first-order chi connectivity index (χ1) is 13.7. The van der Waals surface area contributed by atoms with Gasteiger partial charge in [-0.2, -0.15) is 14.7 Å². The molecule has 7 heteroatoms. The van der Waals surface area contributed by atoms with Crippen LogP contribution in [0.4, 0.5) is 5.82 Å². The van der Waals surface area contributed by atoms with Crippen molar-refractivity contribution in [1.82, 2.24) is 24.4 Å². The second kappa shape index (κ2) is 6.76. The molecule has 28 heavy (non-hydrogen) atoms. The third-order valence-electron chi connectivity index (χ3n) is 4.99. The van der Waals surface area contributed by atoms with Crippen LogP contribution in [0.2, 0.25) is 0 Å². The van der Waals surface area contributed by atoms with Crippen LogP contribution in [0.5, 0.6) is 0 Å². The van der Waals surface area contributed by atoms with E-state index in [1.54, 1.807) is 0 Å². The summed E-state index contributed by atoms with van der Waals surface area (Å²) in [6.07, 6.45) is 1.96. The Balaban J connectivity index is 1.59. The number of hydrogen-bond acceptors (Lipinski definition) is 5. The molecule has 0 spiro atoms. The molecule has 0 radical (unpaired) electrons. The van der Waals surface area contributed by atoms with Crippen molar-refractivity contribution in [3.8, 4) is 17.1 Å². The molecule has 0 N–H and O–H groups in total. The van der Waals surface area contributed by atoms with Gasteiger partial charge in [-0.05, 0) is 26.0 Å². The van der Waals surface area contributed by atoms with Gasteiger partial charge in [-0.15, -0.1) is 0 Å². The number of morpholine rings is 1. The Morgan fingerprint density at radius 1 is 0.964 bits per heavy atom. The van der Waals surface area contributed by atoms with Gasteiger partial charge in [0.2, 0.25) is 0 Å². The van der Waals surface area contributed by atoms with Crippen molar-refractivity contribution in [3.05, 3.63) is 59.9 Å². The first-order valence-corrected chi connectivity index (χ1v) is 9.50. The van der Waals surface area contributed by atoms with Crippen molar-refractivity contribution < 1.29 is 4.74 Å². The predicted octanol–water partition coefficient (Wildman–Crippen LogP) is 3.04. The van der Waals surface area contributed by atoms with E-state index in [1.807, 2.05) is 34.5 Å². The molecule has 142 valence electrons. The molecule has 3 aromatic heterocycles. The van der Waals surface area contributed by atoms with E-state index in [0.717, 1.165) is 60.5 Å². The lowest BCUT2D eigenvalue weighted by Gasteiger charge is -2.29. The van der Waals surface area contributed by atoms with Crippen LogP contribution in [0.3, 0.4) is 0 Å². The van der Waals surface area contributed by atoms with Gasteiger partial charge >= 0.3 is 0 Å². The highest BCUT2D eigenvalue weighted by Gasteiger charge is 2.18. The molecule has 4 aromatic rings. The summed E-state index contributed by atoms with van der Waals surface area (Å²) < 4.78 is 9.26. The number of fused-ring (bicyclic) bond motifs is 1. The Bertz CT molecular complexity index is 1140. The van der Waals surface area contributed by atoms with Gasteiger partial charge in [0.25, 0.3) is 0 Å². The lowest BCUT2D eigenvalue weighted by atomic mass is 10.1. The van der Waals surface area contributed by atoms with Crippen LogP contribution in [-0.4, -0.2) is 50.7 Å². The Morgan fingerprint density at radius 3 is 2.64 bits per heavy atom. The highest BCUT2D eigenvalue weighted by molar-refractivity contribution is 5.60. The van der Waals surface area contributed by atoms with Crippen LogP contribution < -0.4 is 4.90 Å². The van der Waals surface area contributed by atoms with Crippen LogP contribution in [0.1, 0.15) is 11.3 Å². The average Bonchev–Trinajstić information content (AvgIpc) is 3.34. The maximum absolute atomic E-state index is 5.51. The van der Waals surface area contributed by atoms with Crippen molar-refractivity contribution >= 4 is 11.5 Å². The van der Waals surface area contributed by atoms with Gasteiger partial charge in [-0.25, -0.2) is 9.67 Å². The highest BCUT2D eigenvalue weighted by atomic mass is 16.5. The number of anilines is 1. The SMILES string of the molecule is Cc1cccc(-c2ccn(-c3cc(N4CCOCC4)n4nc(C)cc4n3)n2)c1. The second-order valence-electron chi connectivity index (χ2n) is 7.14. The molecule has 1 saturated heterocycles. The standard InChI is InChI=1S/C21H22N6O/c1-15-4-3-5-17(12-15)18-6-7-26(24-18)19-14-21(25-8-10-28-11-9-25)27-20(22-19)13-16(2)23-27/h3-7,12-14H,8-11H2,1-2H3. The summed E-state index contributed by atoms with van der Waals surface area (Å²) in [6, 6.07) is 14.4. The number of rotatable bonds is 3. The first-order valence-electron chi connectivity index (χ1n) is 9.50. The van der Waals surface area contributed by atoms with Gasteiger partial charge in [0.05, 0.1) is 24.6 Å². The van der Waals surface area contributed by atoms with Crippen LogP contribution in [0.25, 0.3) is 22.7 Å². The Morgan fingerprint density at radius 2 is 1.82 bits per heavy atom. The van der Waals surface area contributed by atoms with Crippen molar-refractivity contribution in [2.75, 3.05) is 31.2 Å². The Kier molecular flexibility index (Phi) is 4.09. The van der Waals surface area contributed by atoms with Crippen molar-refractivity contribution in [2.24, 2.45) is 0 Å². The molecule has 0 atom stereocenters. The summed E-state index contributed by atoms with van der Waals surface area (Å²) in [7, 11) is 0. The summed E-state index contributed by atoms with van der Waals surface area (Å²) in [5.41, 5.74) is 5.02. The zero-order valence-corrected chi connectivity index (χ0v) is 16.0. The first kappa shape index (κ1) is 16.9. The van der Waals surface area contributed by atoms with Gasteiger partial charge in [-0.3, -0.25) is 0 Å². The van der Waals surface area contributed by atoms with Crippen LogP contribution in [0.15, 0.2) is 48.7 Å². The van der Waals surface area contributed by atoms with E-state index in [-0.39, 0.29) is 0 Å². The fourth-order valence-electron chi connectivity index (χ4n) is 3.61. The Hall–Kier alpha value is -3.19. The molecule has 1 aliphatic heterocycles. The fraction of sp³-hybridized carbons (Fsp3) is 0.286. The summed E-state index contributed by atoms with van der Waals surface area (Å²) >= 11 is 0. The lowest BCUT2D eigenvalue weighted by Crippen LogP contribution is -2.37. The largest absolute Gasteiger partial charge is 0.378 e. The number of hydrogen-bond donors (Lipinski definition) is 0.